The lowest BCUT2D eigenvalue weighted by molar-refractivity contribution is -0.128. The first kappa shape index (κ1) is 19.6. The van der Waals surface area contributed by atoms with E-state index in [-0.39, 0.29) is 24.1 Å². The number of oxazole rings is 1. The SMILES string of the molecule is CCC(=O)Nc1cccc(C(=O)N2CCNC(=O)[C@@H]2Cc2nc3ccccc3o2)c1. The second-order valence-electron chi connectivity index (χ2n) is 7.07. The van der Waals surface area contributed by atoms with Gasteiger partial charge in [-0.3, -0.25) is 14.4 Å². The van der Waals surface area contributed by atoms with Crippen molar-refractivity contribution in [1.29, 1.82) is 0 Å². The fraction of sp³-hybridized carbons (Fsp3) is 0.273. The quantitative estimate of drug-likeness (QED) is 0.677. The maximum Gasteiger partial charge on any atom is 0.254 e. The van der Waals surface area contributed by atoms with Crippen LogP contribution in [0.15, 0.2) is 52.9 Å². The maximum atomic E-state index is 13.2. The van der Waals surface area contributed by atoms with E-state index >= 15 is 0 Å². The molecule has 3 aromatic rings. The lowest BCUT2D eigenvalue weighted by atomic mass is 10.1. The van der Waals surface area contributed by atoms with Crippen LogP contribution >= 0.6 is 0 Å². The van der Waals surface area contributed by atoms with Gasteiger partial charge in [0.1, 0.15) is 11.6 Å². The van der Waals surface area contributed by atoms with E-state index in [0.717, 1.165) is 0 Å². The van der Waals surface area contributed by atoms with E-state index in [9.17, 15) is 14.4 Å². The Balaban J connectivity index is 1.57. The summed E-state index contributed by atoms with van der Waals surface area (Å²) >= 11 is 0. The molecule has 8 heteroatoms. The molecule has 3 amide bonds. The molecule has 0 aliphatic carbocycles. The zero-order valence-electron chi connectivity index (χ0n) is 16.6. The molecule has 0 bridgehead atoms. The van der Waals surface area contributed by atoms with Crippen LogP contribution in [-0.4, -0.2) is 46.7 Å². The molecule has 1 aromatic heterocycles. The van der Waals surface area contributed by atoms with Crippen molar-refractivity contribution in [3.8, 4) is 0 Å². The number of anilines is 1. The Morgan fingerprint density at radius 2 is 2.07 bits per heavy atom. The summed E-state index contributed by atoms with van der Waals surface area (Å²) in [5, 5.41) is 5.56. The molecule has 2 heterocycles. The highest BCUT2D eigenvalue weighted by Gasteiger charge is 2.35. The predicted molar refractivity (Wildman–Crippen MR) is 111 cm³/mol. The molecule has 0 saturated carbocycles. The molecule has 154 valence electrons. The molecule has 2 N–H and O–H groups in total. The van der Waals surface area contributed by atoms with Crippen LogP contribution in [0.3, 0.4) is 0 Å². The van der Waals surface area contributed by atoms with Crippen LogP contribution < -0.4 is 10.6 Å². The van der Waals surface area contributed by atoms with Gasteiger partial charge in [-0.1, -0.05) is 25.1 Å². The van der Waals surface area contributed by atoms with Crippen LogP contribution in [0.5, 0.6) is 0 Å². The van der Waals surface area contributed by atoms with Crippen molar-refractivity contribution in [3.05, 3.63) is 60.0 Å². The molecule has 1 atom stereocenters. The number of nitrogens with zero attached hydrogens (tertiary/aromatic N) is 2. The second kappa shape index (κ2) is 8.36. The summed E-state index contributed by atoms with van der Waals surface area (Å²) in [5.41, 5.74) is 2.30. The molecule has 0 unspecified atom stereocenters. The van der Waals surface area contributed by atoms with E-state index < -0.39 is 6.04 Å². The number of hydrogen-bond donors (Lipinski definition) is 2. The molecule has 1 fully saturated rings. The van der Waals surface area contributed by atoms with Gasteiger partial charge in [0, 0.05) is 30.8 Å². The number of hydrogen-bond acceptors (Lipinski definition) is 5. The van der Waals surface area contributed by atoms with Gasteiger partial charge in [-0.05, 0) is 30.3 Å². The van der Waals surface area contributed by atoms with E-state index in [4.69, 9.17) is 4.42 Å². The number of carbonyl (C=O) groups excluding carboxylic acids is 3. The van der Waals surface area contributed by atoms with Crippen LogP contribution in [0.1, 0.15) is 29.6 Å². The summed E-state index contributed by atoms with van der Waals surface area (Å²) in [5.74, 6) is -0.253. The zero-order valence-corrected chi connectivity index (χ0v) is 16.6. The van der Waals surface area contributed by atoms with Gasteiger partial charge in [0.15, 0.2) is 11.5 Å². The Morgan fingerprint density at radius 1 is 1.23 bits per heavy atom. The Morgan fingerprint density at radius 3 is 2.87 bits per heavy atom. The summed E-state index contributed by atoms with van der Waals surface area (Å²) in [4.78, 5) is 43.4. The molecular weight excluding hydrogens is 384 g/mol. The summed E-state index contributed by atoms with van der Waals surface area (Å²) in [6, 6.07) is 13.4. The molecule has 2 aromatic carbocycles. The molecule has 1 aliphatic heterocycles. The molecule has 1 aliphatic rings. The first-order chi connectivity index (χ1) is 14.5. The minimum Gasteiger partial charge on any atom is -0.441 e. The Labute approximate surface area is 173 Å². The molecule has 8 nitrogen and oxygen atoms in total. The van der Waals surface area contributed by atoms with Gasteiger partial charge in [0.05, 0.1) is 6.42 Å². The zero-order chi connectivity index (χ0) is 21.1. The van der Waals surface area contributed by atoms with E-state index in [1.54, 1.807) is 31.2 Å². The summed E-state index contributed by atoms with van der Waals surface area (Å²) in [7, 11) is 0. The van der Waals surface area contributed by atoms with Gasteiger partial charge < -0.3 is 20.0 Å². The third-order valence-electron chi connectivity index (χ3n) is 5.01. The summed E-state index contributed by atoms with van der Waals surface area (Å²) in [6.07, 6.45) is 0.523. The Hall–Kier alpha value is -3.68. The topological polar surface area (TPSA) is 105 Å². The average Bonchev–Trinajstić information content (AvgIpc) is 3.17. The van der Waals surface area contributed by atoms with Crippen molar-refractivity contribution in [3.63, 3.8) is 0 Å². The smallest absolute Gasteiger partial charge is 0.254 e. The Bertz CT molecular complexity index is 1070. The third kappa shape index (κ3) is 4.03. The highest BCUT2D eigenvalue weighted by Crippen LogP contribution is 2.21. The molecular formula is C22H22N4O4. The van der Waals surface area contributed by atoms with Crippen molar-refractivity contribution in [2.45, 2.75) is 25.8 Å². The number of rotatable bonds is 5. The summed E-state index contributed by atoms with van der Waals surface area (Å²) in [6.45, 7) is 2.51. The van der Waals surface area contributed by atoms with Crippen molar-refractivity contribution in [2.24, 2.45) is 0 Å². The summed E-state index contributed by atoms with van der Waals surface area (Å²) < 4.78 is 5.75. The molecule has 0 radical (unpaired) electrons. The number of amides is 3. The maximum absolute atomic E-state index is 13.2. The number of nitrogens with one attached hydrogen (secondary N) is 2. The van der Waals surface area contributed by atoms with Crippen LogP contribution in [0.2, 0.25) is 0 Å². The molecule has 0 spiro atoms. The van der Waals surface area contributed by atoms with E-state index in [0.29, 0.717) is 47.8 Å². The molecule has 1 saturated heterocycles. The first-order valence-electron chi connectivity index (χ1n) is 9.88. The fourth-order valence-electron chi connectivity index (χ4n) is 3.48. The predicted octanol–water partition coefficient (Wildman–Crippen LogP) is 2.36. The standard InChI is InChI=1S/C22H22N4O4/c1-2-19(27)24-15-7-5-6-14(12-15)22(29)26-11-10-23-21(28)17(26)13-20-25-16-8-3-4-9-18(16)30-20/h3-9,12,17H,2,10-11,13H2,1H3,(H,23,28)(H,24,27)/t17-/m0/s1. The van der Waals surface area contributed by atoms with Crippen molar-refractivity contribution >= 4 is 34.5 Å². The Kier molecular flexibility index (Phi) is 5.47. The molecule has 4 rings (SSSR count). The monoisotopic (exact) mass is 406 g/mol. The highest BCUT2D eigenvalue weighted by atomic mass is 16.3. The van der Waals surface area contributed by atoms with Crippen molar-refractivity contribution < 1.29 is 18.8 Å². The van der Waals surface area contributed by atoms with E-state index in [2.05, 4.69) is 15.6 Å². The number of benzene rings is 2. The number of carbonyl (C=O) groups is 3. The van der Waals surface area contributed by atoms with Crippen molar-refractivity contribution in [1.82, 2.24) is 15.2 Å². The first-order valence-corrected chi connectivity index (χ1v) is 9.88. The largest absolute Gasteiger partial charge is 0.441 e. The number of fused-ring (bicyclic) bond motifs is 1. The second-order valence-corrected chi connectivity index (χ2v) is 7.07. The van der Waals surface area contributed by atoms with Gasteiger partial charge in [0.25, 0.3) is 5.91 Å². The van der Waals surface area contributed by atoms with Crippen LogP contribution in [0.4, 0.5) is 5.69 Å². The normalized spacial score (nSPS) is 16.4. The van der Waals surface area contributed by atoms with Gasteiger partial charge in [0.2, 0.25) is 11.8 Å². The number of para-hydroxylation sites is 2. The average molecular weight is 406 g/mol. The number of aromatic nitrogens is 1. The minimum atomic E-state index is -0.729. The lowest BCUT2D eigenvalue weighted by Crippen LogP contribution is -2.58. The van der Waals surface area contributed by atoms with Crippen molar-refractivity contribution in [2.75, 3.05) is 18.4 Å². The van der Waals surface area contributed by atoms with Gasteiger partial charge >= 0.3 is 0 Å². The third-order valence-corrected chi connectivity index (χ3v) is 5.01. The fourth-order valence-corrected chi connectivity index (χ4v) is 3.48. The van der Waals surface area contributed by atoms with E-state index in [1.165, 1.54) is 4.90 Å². The lowest BCUT2D eigenvalue weighted by Gasteiger charge is -2.34. The van der Waals surface area contributed by atoms with Gasteiger partial charge in [-0.25, -0.2) is 4.98 Å². The minimum absolute atomic E-state index is 0.134. The molecule has 30 heavy (non-hydrogen) atoms. The highest BCUT2D eigenvalue weighted by molar-refractivity contribution is 6.00. The van der Waals surface area contributed by atoms with Crippen LogP contribution in [0, 0.1) is 0 Å². The van der Waals surface area contributed by atoms with Crippen LogP contribution in [-0.2, 0) is 16.0 Å². The number of piperazine rings is 1. The van der Waals surface area contributed by atoms with Crippen LogP contribution in [0.25, 0.3) is 11.1 Å². The van der Waals surface area contributed by atoms with E-state index in [1.807, 2.05) is 24.3 Å². The van der Waals surface area contributed by atoms with Gasteiger partial charge in [-0.15, -0.1) is 0 Å². The van der Waals surface area contributed by atoms with Gasteiger partial charge in [-0.2, -0.15) is 0 Å².